The van der Waals surface area contributed by atoms with Gasteiger partial charge in [0.2, 0.25) is 5.91 Å². The van der Waals surface area contributed by atoms with Crippen molar-refractivity contribution in [2.45, 2.75) is 32.9 Å². The summed E-state index contributed by atoms with van der Waals surface area (Å²) < 4.78 is 41.8. The lowest BCUT2D eigenvalue weighted by molar-refractivity contribution is -0.144. The molecular formula is C23H19F3N8O. The standard InChI is InChI=1S/C23H19F3N8O/c1-13-16(14(2)34-22(29-13)31-21(32-34)23(24,25)26)8-10-20(35)30-15-7-9-19(27-11-15)33-12-28-17-5-3-4-6-18(17)33/h3-7,9,11-12H,8,10H2,1-2H3,(H,30,35). The van der Waals surface area contributed by atoms with Crippen LogP contribution >= 0.6 is 0 Å². The number of anilines is 1. The van der Waals surface area contributed by atoms with Crippen molar-refractivity contribution in [2.75, 3.05) is 5.32 Å². The molecule has 4 aromatic heterocycles. The number of carbonyl (C=O) groups is 1. The zero-order valence-corrected chi connectivity index (χ0v) is 18.7. The minimum Gasteiger partial charge on any atom is -0.325 e. The maximum absolute atomic E-state index is 13.0. The Kier molecular flexibility index (Phi) is 5.42. The fraction of sp³-hybridized carbons (Fsp3) is 0.217. The molecule has 1 amide bonds. The molecule has 0 fully saturated rings. The third-order valence-corrected chi connectivity index (χ3v) is 5.64. The zero-order valence-electron chi connectivity index (χ0n) is 18.7. The molecule has 35 heavy (non-hydrogen) atoms. The molecule has 5 aromatic rings. The van der Waals surface area contributed by atoms with Gasteiger partial charge < -0.3 is 5.32 Å². The highest BCUT2D eigenvalue weighted by Crippen LogP contribution is 2.27. The molecule has 178 valence electrons. The molecule has 1 aromatic carbocycles. The van der Waals surface area contributed by atoms with Crippen LogP contribution in [0.5, 0.6) is 0 Å². The zero-order chi connectivity index (χ0) is 24.7. The molecule has 5 rings (SSSR count). The molecule has 0 aliphatic carbocycles. The lowest BCUT2D eigenvalue weighted by Crippen LogP contribution is -2.14. The smallest absolute Gasteiger partial charge is 0.325 e. The van der Waals surface area contributed by atoms with Crippen molar-refractivity contribution < 1.29 is 18.0 Å². The number of para-hydroxylation sites is 2. The topological polar surface area (TPSA) is 103 Å². The number of rotatable bonds is 5. The average molecular weight is 480 g/mol. The lowest BCUT2D eigenvalue weighted by Gasteiger charge is -2.11. The van der Waals surface area contributed by atoms with Gasteiger partial charge in [-0.3, -0.25) is 9.36 Å². The van der Waals surface area contributed by atoms with Gasteiger partial charge in [0.15, 0.2) is 0 Å². The minimum atomic E-state index is -4.66. The third-order valence-electron chi connectivity index (χ3n) is 5.64. The summed E-state index contributed by atoms with van der Waals surface area (Å²) in [6, 6.07) is 11.2. The molecule has 0 saturated heterocycles. The fourth-order valence-electron chi connectivity index (χ4n) is 3.90. The van der Waals surface area contributed by atoms with Gasteiger partial charge in [-0.25, -0.2) is 19.5 Å². The van der Waals surface area contributed by atoms with Crippen molar-refractivity contribution in [3.05, 3.63) is 71.7 Å². The monoisotopic (exact) mass is 480 g/mol. The second-order valence-corrected chi connectivity index (χ2v) is 7.96. The van der Waals surface area contributed by atoms with E-state index in [1.165, 1.54) is 0 Å². The third kappa shape index (κ3) is 4.29. The molecule has 0 bridgehead atoms. The number of hydrogen-bond donors (Lipinski definition) is 1. The normalized spacial score (nSPS) is 11.9. The van der Waals surface area contributed by atoms with Crippen LogP contribution in [-0.2, 0) is 17.4 Å². The molecule has 0 unspecified atom stereocenters. The van der Waals surface area contributed by atoms with E-state index in [1.807, 2.05) is 28.8 Å². The SMILES string of the molecule is Cc1nc2nc(C(F)(F)F)nn2c(C)c1CCC(=O)Nc1ccc(-n2cnc3ccccc32)nc1. The van der Waals surface area contributed by atoms with Crippen molar-refractivity contribution in [3.8, 4) is 5.82 Å². The Balaban J connectivity index is 1.28. The van der Waals surface area contributed by atoms with Crippen LogP contribution in [0.15, 0.2) is 48.9 Å². The summed E-state index contributed by atoms with van der Waals surface area (Å²) in [6.45, 7) is 3.30. The molecule has 0 aliphatic rings. The van der Waals surface area contributed by atoms with Crippen LogP contribution in [0.1, 0.15) is 29.2 Å². The van der Waals surface area contributed by atoms with Crippen LogP contribution in [0.25, 0.3) is 22.6 Å². The summed E-state index contributed by atoms with van der Waals surface area (Å²) in [6.07, 6.45) is -1.04. The van der Waals surface area contributed by atoms with E-state index in [0.29, 0.717) is 28.5 Å². The van der Waals surface area contributed by atoms with Gasteiger partial charge in [0.05, 0.1) is 22.9 Å². The molecule has 4 heterocycles. The van der Waals surface area contributed by atoms with Gasteiger partial charge in [0, 0.05) is 17.8 Å². The summed E-state index contributed by atoms with van der Waals surface area (Å²) in [4.78, 5) is 28.9. The first-order chi connectivity index (χ1) is 16.7. The Bertz CT molecular complexity index is 1550. The van der Waals surface area contributed by atoms with E-state index in [-0.39, 0.29) is 24.5 Å². The Morgan fingerprint density at radius 1 is 1.06 bits per heavy atom. The Labute approximate surface area is 196 Å². The van der Waals surface area contributed by atoms with Crippen LogP contribution in [0.3, 0.4) is 0 Å². The van der Waals surface area contributed by atoms with Gasteiger partial charge in [-0.05, 0) is 50.1 Å². The second kappa shape index (κ2) is 8.46. The average Bonchev–Trinajstić information content (AvgIpc) is 3.44. The van der Waals surface area contributed by atoms with Gasteiger partial charge in [-0.15, -0.1) is 5.10 Å². The number of alkyl halides is 3. The number of imidazole rings is 1. The largest absolute Gasteiger partial charge is 0.453 e. The summed E-state index contributed by atoms with van der Waals surface area (Å²) in [7, 11) is 0. The number of hydrogen-bond acceptors (Lipinski definition) is 6. The molecule has 0 saturated carbocycles. The number of pyridine rings is 1. The summed E-state index contributed by atoms with van der Waals surface area (Å²) in [5, 5.41) is 6.32. The number of aryl methyl sites for hydroxylation is 2. The van der Waals surface area contributed by atoms with Crippen molar-refractivity contribution in [1.29, 1.82) is 0 Å². The predicted octanol–water partition coefficient (Wildman–Crippen LogP) is 4.07. The van der Waals surface area contributed by atoms with E-state index < -0.39 is 12.0 Å². The number of fused-ring (bicyclic) bond motifs is 2. The highest BCUT2D eigenvalue weighted by molar-refractivity contribution is 5.90. The Morgan fingerprint density at radius 3 is 2.60 bits per heavy atom. The maximum atomic E-state index is 13.0. The van der Waals surface area contributed by atoms with E-state index in [0.717, 1.165) is 15.5 Å². The first kappa shape index (κ1) is 22.4. The van der Waals surface area contributed by atoms with Gasteiger partial charge in [0.25, 0.3) is 11.6 Å². The van der Waals surface area contributed by atoms with E-state index in [9.17, 15) is 18.0 Å². The molecule has 0 aliphatic heterocycles. The highest BCUT2D eigenvalue weighted by Gasteiger charge is 2.37. The van der Waals surface area contributed by atoms with Crippen molar-refractivity contribution >= 4 is 28.4 Å². The van der Waals surface area contributed by atoms with Gasteiger partial charge >= 0.3 is 6.18 Å². The Morgan fingerprint density at radius 2 is 1.86 bits per heavy atom. The molecular weight excluding hydrogens is 461 g/mol. The second-order valence-electron chi connectivity index (χ2n) is 7.96. The molecule has 0 radical (unpaired) electrons. The first-order valence-corrected chi connectivity index (χ1v) is 10.7. The summed E-state index contributed by atoms with van der Waals surface area (Å²) in [5.74, 6) is -0.978. The quantitative estimate of drug-likeness (QED) is 0.407. The predicted molar refractivity (Wildman–Crippen MR) is 121 cm³/mol. The summed E-state index contributed by atoms with van der Waals surface area (Å²) in [5.41, 5.74) is 3.90. The van der Waals surface area contributed by atoms with Gasteiger partial charge in [-0.1, -0.05) is 12.1 Å². The molecule has 1 N–H and O–H groups in total. The van der Waals surface area contributed by atoms with Crippen LogP contribution < -0.4 is 5.32 Å². The summed E-state index contributed by atoms with van der Waals surface area (Å²) >= 11 is 0. The molecule has 9 nitrogen and oxygen atoms in total. The lowest BCUT2D eigenvalue weighted by atomic mass is 10.1. The number of nitrogens with zero attached hydrogens (tertiary/aromatic N) is 7. The number of amides is 1. The van der Waals surface area contributed by atoms with E-state index >= 15 is 0 Å². The van der Waals surface area contributed by atoms with Crippen LogP contribution in [0, 0.1) is 13.8 Å². The van der Waals surface area contributed by atoms with Crippen LogP contribution in [0.4, 0.5) is 18.9 Å². The first-order valence-electron chi connectivity index (χ1n) is 10.7. The van der Waals surface area contributed by atoms with Crippen molar-refractivity contribution in [2.24, 2.45) is 0 Å². The molecule has 0 spiro atoms. The van der Waals surface area contributed by atoms with Crippen molar-refractivity contribution in [3.63, 3.8) is 0 Å². The number of halogens is 3. The van der Waals surface area contributed by atoms with E-state index in [2.05, 4.69) is 30.4 Å². The number of carbonyl (C=O) groups excluding carboxylic acids is 1. The Hall–Kier alpha value is -4.35. The van der Waals surface area contributed by atoms with Crippen LogP contribution in [0.2, 0.25) is 0 Å². The van der Waals surface area contributed by atoms with Gasteiger partial charge in [0.1, 0.15) is 12.1 Å². The van der Waals surface area contributed by atoms with Crippen molar-refractivity contribution in [1.82, 2.24) is 34.1 Å². The minimum absolute atomic E-state index is 0.101. The van der Waals surface area contributed by atoms with Crippen LogP contribution in [-0.4, -0.2) is 40.0 Å². The fourth-order valence-corrected chi connectivity index (χ4v) is 3.90. The van der Waals surface area contributed by atoms with Gasteiger partial charge in [-0.2, -0.15) is 18.2 Å². The molecule has 0 atom stereocenters. The molecule has 12 heteroatoms. The number of nitrogens with one attached hydrogen (secondary N) is 1. The maximum Gasteiger partial charge on any atom is 0.453 e. The highest BCUT2D eigenvalue weighted by atomic mass is 19.4. The number of aromatic nitrogens is 7. The van der Waals surface area contributed by atoms with E-state index in [1.54, 1.807) is 38.5 Å². The number of benzene rings is 1. The van der Waals surface area contributed by atoms with E-state index in [4.69, 9.17) is 0 Å².